The molecule has 0 saturated heterocycles. The number of hydrogen-bond acceptors (Lipinski definition) is 3. The van der Waals surface area contributed by atoms with Crippen molar-refractivity contribution in [2.75, 3.05) is 11.1 Å². The second kappa shape index (κ2) is 5.95. The molecule has 0 bridgehead atoms. The van der Waals surface area contributed by atoms with Crippen molar-refractivity contribution in [1.82, 2.24) is 4.98 Å². The lowest BCUT2D eigenvalue weighted by Gasteiger charge is -2.13. The van der Waals surface area contributed by atoms with E-state index in [-0.39, 0.29) is 0 Å². The van der Waals surface area contributed by atoms with Gasteiger partial charge in [-0.1, -0.05) is 32.0 Å². The summed E-state index contributed by atoms with van der Waals surface area (Å²) >= 11 is 0. The maximum atomic E-state index is 5.78. The number of nitrogens with zero attached hydrogens (tertiary/aromatic N) is 1. The molecule has 0 saturated carbocycles. The van der Waals surface area contributed by atoms with Crippen LogP contribution < -0.4 is 11.1 Å². The van der Waals surface area contributed by atoms with Crippen LogP contribution in [0.15, 0.2) is 30.5 Å². The molecule has 2 rings (SSSR count). The largest absolute Gasteiger partial charge is 0.397 e. The first kappa shape index (κ1) is 14.4. The summed E-state index contributed by atoms with van der Waals surface area (Å²) in [6, 6.07) is 8.65. The molecule has 1 aromatic heterocycles. The average Bonchev–Trinajstić information content (AvgIpc) is 2.41. The van der Waals surface area contributed by atoms with Gasteiger partial charge in [-0.25, -0.2) is 4.98 Å². The first-order valence-corrected chi connectivity index (χ1v) is 7.03. The second-order valence-corrected chi connectivity index (χ2v) is 5.62. The number of pyridine rings is 1. The minimum atomic E-state index is 0.547. The lowest BCUT2D eigenvalue weighted by atomic mass is 9.98. The topological polar surface area (TPSA) is 50.9 Å². The number of nitrogens with one attached hydrogen (secondary N) is 1. The highest BCUT2D eigenvalue weighted by molar-refractivity contribution is 5.51. The molecule has 1 heterocycles. The summed E-state index contributed by atoms with van der Waals surface area (Å²) in [6.45, 7) is 9.35. The first-order chi connectivity index (χ1) is 9.47. The van der Waals surface area contributed by atoms with E-state index in [9.17, 15) is 0 Å². The Morgan fingerprint density at radius 3 is 2.55 bits per heavy atom. The fourth-order valence-electron chi connectivity index (χ4n) is 2.09. The van der Waals surface area contributed by atoms with Crippen molar-refractivity contribution in [1.29, 1.82) is 0 Å². The zero-order valence-corrected chi connectivity index (χ0v) is 12.7. The van der Waals surface area contributed by atoms with Gasteiger partial charge in [0.1, 0.15) is 5.82 Å². The van der Waals surface area contributed by atoms with E-state index in [0.717, 1.165) is 23.6 Å². The molecule has 2 aromatic rings. The summed E-state index contributed by atoms with van der Waals surface area (Å²) in [7, 11) is 0. The summed E-state index contributed by atoms with van der Waals surface area (Å²) in [4.78, 5) is 4.31. The third-order valence-electron chi connectivity index (χ3n) is 3.65. The Balaban J connectivity index is 2.13. The van der Waals surface area contributed by atoms with E-state index in [1.165, 1.54) is 16.7 Å². The molecule has 106 valence electrons. The summed E-state index contributed by atoms with van der Waals surface area (Å²) < 4.78 is 0. The Bertz CT molecular complexity index is 603. The van der Waals surface area contributed by atoms with E-state index in [0.29, 0.717) is 5.92 Å². The fraction of sp³-hybridized carbons (Fsp3) is 0.353. The molecule has 0 fully saturated rings. The molecule has 0 unspecified atom stereocenters. The van der Waals surface area contributed by atoms with Crippen molar-refractivity contribution in [3.8, 4) is 0 Å². The van der Waals surface area contributed by atoms with Crippen molar-refractivity contribution >= 4 is 11.5 Å². The van der Waals surface area contributed by atoms with E-state index < -0.39 is 0 Å². The van der Waals surface area contributed by atoms with Gasteiger partial charge in [0.05, 0.1) is 11.9 Å². The Morgan fingerprint density at radius 2 is 1.90 bits per heavy atom. The van der Waals surface area contributed by atoms with Crippen molar-refractivity contribution in [2.24, 2.45) is 0 Å². The minimum Gasteiger partial charge on any atom is -0.397 e. The quantitative estimate of drug-likeness (QED) is 0.881. The van der Waals surface area contributed by atoms with Crippen LogP contribution in [0.25, 0.3) is 0 Å². The summed E-state index contributed by atoms with van der Waals surface area (Å²) in [6.07, 6.45) is 1.70. The van der Waals surface area contributed by atoms with Gasteiger partial charge in [0, 0.05) is 6.54 Å². The van der Waals surface area contributed by atoms with Crippen LogP contribution in [0.5, 0.6) is 0 Å². The maximum absolute atomic E-state index is 5.78. The number of anilines is 2. The maximum Gasteiger partial charge on any atom is 0.126 e. The molecule has 3 nitrogen and oxygen atoms in total. The predicted octanol–water partition coefficient (Wildman–Crippen LogP) is 4.02. The number of nitrogens with two attached hydrogens (primary N) is 1. The predicted molar refractivity (Wildman–Crippen MR) is 86.0 cm³/mol. The van der Waals surface area contributed by atoms with Crippen LogP contribution in [0.4, 0.5) is 11.5 Å². The molecule has 0 atom stereocenters. The number of hydrogen-bond donors (Lipinski definition) is 2. The summed E-state index contributed by atoms with van der Waals surface area (Å²) in [5.74, 6) is 1.41. The van der Waals surface area contributed by atoms with E-state index >= 15 is 0 Å². The lowest BCUT2D eigenvalue weighted by molar-refractivity contribution is 0.861. The average molecular weight is 269 g/mol. The van der Waals surface area contributed by atoms with Gasteiger partial charge >= 0.3 is 0 Å². The zero-order chi connectivity index (χ0) is 14.7. The molecule has 3 heteroatoms. The van der Waals surface area contributed by atoms with Crippen molar-refractivity contribution in [3.63, 3.8) is 0 Å². The SMILES string of the molecule is Cc1cc(NCc2cc(C(C)C)ccc2C)ncc1N. The molecule has 0 aliphatic carbocycles. The third-order valence-corrected chi connectivity index (χ3v) is 3.65. The molecule has 0 radical (unpaired) electrons. The molecular formula is C17H23N3. The van der Waals surface area contributed by atoms with E-state index in [1.54, 1.807) is 6.20 Å². The molecule has 0 aliphatic heterocycles. The highest BCUT2D eigenvalue weighted by atomic mass is 15.0. The Hall–Kier alpha value is -2.03. The van der Waals surface area contributed by atoms with Crippen molar-refractivity contribution in [2.45, 2.75) is 40.2 Å². The smallest absolute Gasteiger partial charge is 0.126 e. The van der Waals surface area contributed by atoms with Gasteiger partial charge in [0.25, 0.3) is 0 Å². The van der Waals surface area contributed by atoms with Crippen molar-refractivity contribution < 1.29 is 0 Å². The summed E-state index contributed by atoms with van der Waals surface area (Å²) in [5.41, 5.74) is 11.5. The van der Waals surface area contributed by atoms with Crippen LogP contribution in [0, 0.1) is 13.8 Å². The monoisotopic (exact) mass is 269 g/mol. The molecule has 1 aromatic carbocycles. The van der Waals surface area contributed by atoms with Gasteiger partial charge < -0.3 is 11.1 Å². The second-order valence-electron chi connectivity index (χ2n) is 5.62. The number of nitrogen functional groups attached to an aromatic ring is 1. The van der Waals surface area contributed by atoms with Crippen LogP contribution in [0.3, 0.4) is 0 Å². The van der Waals surface area contributed by atoms with E-state index in [1.807, 2.05) is 13.0 Å². The van der Waals surface area contributed by atoms with Crippen molar-refractivity contribution in [3.05, 3.63) is 52.7 Å². The number of benzene rings is 1. The first-order valence-electron chi connectivity index (χ1n) is 7.03. The molecule has 0 spiro atoms. The summed E-state index contributed by atoms with van der Waals surface area (Å²) in [5, 5.41) is 3.37. The van der Waals surface area contributed by atoms with E-state index in [4.69, 9.17) is 5.73 Å². The highest BCUT2D eigenvalue weighted by Gasteiger charge is 2.05. The molecule has 3 N–H and O–H groups in total. The normalized spacial score (nSPS) is 10.8. The Labute approximate surface area is 121 Å². The molecular weight excluding hydrogens is 246 g/mol. The number of aromatic nitrogens is 1. The van der Waals surface area contributed by atoms with Gasteiger partial charge in [-0.15, -0.1) is 0 Å². The fourth-order valence-corrected chi connectivity index (χ4v) is 2.09. The zero-order valence-electron chi connectivity index (χ0n) is 12.7. The minimum absolute atomic E-state index is 0.547. The van der Waals surface area contributed by atoms with Crippen LogP contribution >= 0.6 is 0 Å². The van der Waals surface area contributed by atoms with Gasteiger partial charge in [-0.3, -0.25) is 0 Å². The van der Waals surface area contributed by atoms with Crippen LogP contribution in [0.1, 0.15) is 42.0 Å². The number of rotatable bonds is 4. The van der Waals surface area contributed by atoms with Crippen LogP contribution in [-0.4, -0.2) is 4.98 Å². The highest BCUT2D eigenvalue weighted by Crippen LogP contribution is 2.20. The molecule has 0 aliphatic rings. The number of aryl methyl sites for hydroxylation is 2. The van der Waals surface area contributed by atoms with Gasteiger partial charge in [-0.05, 0) is 48.1 Å². The van der Waals surface area contributed by atoms with Gasteiger partial charge in [0.2, 0.25) is 0 Å². The lowest BCUT2D eigenvalue weighted by Crippen LogP contribution is -2.05. The van der Waals surface area contributed by atoms with Gasteiger partial charge in [-0.2, -0.15) is 0 Å². The van der Waals surface area contributed by atoms with E-state index in [2.05, 4.69) is 49.3 Å². The van der Waals surface area contributed by atoms with Gasteiger partial charge in [0.15, 0.2) is 0 Å². The standard InChI is InChI=1S/C17H23N3/c1-11(2)14-6-5-12(3)15(8-14)9-19-17-7-13(4)16(18)10-20-17/h5-8,10-11H,9,18H2,1-4H3,(H,19,20). The van der Waals surface area contributed by atoms with Crippen LogP contribution in [-0.2, 0) is 6.54 Å². The van der Waals surface area contributed by atoms with Crippen LogP contribution in [0.2, 0.25) is 0 Å². The molecule has 20 heavy (non-hydrogen) atoms. The Kier molecular flexibility index (Phi) is 4.28. The third kappa shape index (κ3) is 3.29. The Morgan fingerprint density at radius 1 is 1.15 bits per heavy atom. The molecule has 0 amide bonds.